The van der Waals surface area contributed by atoms with Crippen molar-refractivity contribution in [3.8, 4) is 5.75 Å². The van der Waals surface area contributed by atoms with Crippen LogP contribution in [0.3, 0.4) is 0 Å². The van der Waals surface area contributed by atoms with Crippen LogP contribution in [0.5, 0.6) is 5.75 Å². The van der Waals surface area contributed by atoms with Gasteiger partial charge in [-0.05, 0) is 31.3 Å². The molecule has 1 N–H and O–H groups in total. The number of rotatable bonds is 4. The van der Waals surface area contributed by atoms with Crippen molar-refractivity contribution in [1.29, 1.82) is 0 Å². The van der Waals surface area contributed by atoms with Gasteiger partial charge in [0.25, 0.3) is 0 Å². The van der Waals surface area contributed by atoms with Crippen LogP contribution >= 0.6 is 12.2 Å². The van der Waals surface area contributed by atoms with Crippen LogP contribution in [0.15, 0.2) is 22.7 Å². The van der Waals surface area contributed by atoms with Gasteiger partial charge in [-0.2, -0.15) is 4.98 Å². The van der Waals surface area contributed by atoms with E-state index in [9.17, 15) is 0 Å². The number of aromatic amines is 1. The minimum atomic E-state index is 0.618. The van der Waals surface area contributed by atoms with Crippen LogP contribution in [0, 0.1) is 11.7 Å². The monoisotopic (exact) mass is 290 g/mol. The number of ether oxygens (including phenoxy) is 1. The maximum absolute atomic E-state index is 5.35. The fourth-order valence-electron chi connectivity index (χ4n) is 2.14. The van der Waals surface area contributed by atoms with Gasteiger partial charge in [-0.25, -0.2) is 0 Å². The third-order valence-corrected chi connectivity index (χ3v) is 3.42. The number of H-pyrrole nitrogens is 1. The number of benzene rings is 1. The van der Waals surface area contributed by atoms with Crippen LogP contribution in [0.25, 0.3) is 11.0 Å². The Morgan fingerprint density at radius 2 is 2.30 bits per heavy atom. The largest absolute Gasteiger partial charge is 0.497 e. The van der Waals surface area contributed by atoms with Gasteiger partial charge in [0.1, 0.15) is 5.75 Å². The zero-order chi connectivity index (χ0) is 14.1. The number of hydrogen-bond acceptors (Lipinski definition) is 5. The highest BCUT2D eigenvalue weighted by atomic mass is 32.1. The molecule has 20 heavy (non-hydrogen) atoms. The maximum atomic E-state index is 5.35. The average Bonchev–Trinajstić information content (AvgIpc) is 2.98. The summed E-state index contributed by atoms with van der Waals surface area (Å²) in [5, 5.41) is 3.78. The molecule has 0 aliphatic rings. The zero-order valence-electron chi connectivity index (χ0n) is 11.2. The summed E-state index contributed by atoms with van der Waals surface area (Å²) in [6.45, 7) is 2.49. The van der Waals surface area contributed by atoms with E-state index < -0.39 is 0 Å². The van der Waals surface area contributed by atoms with Gasteiger partial charge >= 0.3 is 0 Å². The SMILES string of the molecule is COc1ccc2c(c1)[nH]c(=S)n2CCc1nc(C)no1. The standard InChI is InChI=1S/C13H14N4O2S/c1-8-14-12(19-16-8)5-6-17-11-4-3-9(18-2)7-10(11)15-13(17)20/h3-4,7H,5-6H2,1-2H3,(H,15,20). The Balaban J connectivity index is 1.91. The molecular weight excluding hydrogens is 276 g/mol. The number of aryl methyl sites for hydroxylation is 3. The Kier molecular flexibility index (Phi) is 3.27. The summed E-state index contributed by atoms with van der Waals surface area (Å²) < 4.78 is 13.0. The highest BCUT2D eigenvalue weighted by Gasteiger charge is 2.08. The Morgan fingerprint density at radius 1 is 1.45 bits per heavy atom. The molecule has 0 saturated heterocycles. The lowest BCUT2D eigenvalue weighted by Crippen LogP contribution is -2.01. The van der Waals surface area contributed by atoms with Gasteiger partial charge in [-0.3, -0.25) is 0 Å². The van der Waals surface area contributed by atoms with Crippen LogP contribution in [-0.2, 0) is 13.0 Å². The first-order chi connectivity index (χ1) is 9.67. The number of imidazole rings is 1. The molecule has 0 amide bonds. The Morgan fingerprint density at radius 3 is 3.00 bits per heavy atom. The number of methoxy groups -OCH3 is 1. The van der Waals surface area contributed by atoms with Gasteiger partial charge in [0.15, 0.2) is 10.6 Å². The summed E-state index contributed by atoms with van der Waals surface area (Å²) in [5.74, 6) is 2.06. The first-order valence-electron chi connectivity index (χ1n) is 6.23. The van der Waals surface area contributed by atoms with Crippen molar-refractivity contribution in [3.63, 3.8) is 0 Å². The molecule has 0 aliphatic carbocycles. The van der Waals surface area contributed by atoms with E-state index in [1.165, 1.54) is 0 Å². The Labute approximate surface area is 120 Å². The summed E-state index contributed by atoms with van der Waals surface area (Å²) >= 11 is 5.35. The van der Waals surface area contributed by atoms with Gasteiger partial charge in [-0.1, -0.05) is 5.16 Å². The van der Waals surface area contributed by atoms with Crippen molar-refractivity contribution in [1.82, 2.24) is 19.7 Å². The molecule has 3 aromatic rings. The third kappa shape index (κ3) is 2.32. The summed E-state index contributed by atoms with van der Waals surface area (Å²) in [5.41, 5.74) is 1.99. The lowest BCUT2D eigenvalue weighted by Gasteiger charge is -2.03. The van der Waals surface area contributed by atoms with Gasteiger partial charge in [0, 0.05) is 19.0 Å². The van der Waals surface area contributed by atoms with E-state index in [1.807, 2.05) is 22.8 Å². The van der Waals surface area contributed by atoms with E-state index in [-0.39, 0.29) is 0 Å². The minimum Gasteiger partial charge on any atom is -0.497 e. The Hall–Kier alpha value is -2.15. The summed E-state index contributed by atoms with van der Waals surface area (Å²) in [7, 11) is 1.64. The van der Waals surface area contributed by atoms with E-state index in [0.717, 1.165) is 16.8 Å². The molecule has 6 nitrogen and oxygen atoms in total. The first kappa shape index (κ1) is 12.9. The van der Waals surface area contributed by atoms with Crippen molar-refractivity contribution in [2.45, 2.75) is 19.9 Å². The van der Waals surface area contributed by atoms with Crippen molar-refractivity contribution in [2.24, 2.45) is 0 Å². The molecule has 2 aromatic heterocycles. The molecule has 0 atom stereocenters. The van der Waals surface area contributed by atoms with Crippen molar-refractivity contribution >= 4 is 23.3 Å². The van der Waals surface area contributed by atoms with Gasteiger partial charge in [0.05, 0.1) is 18.1 Å². The molecule has 7 heteroatoms. The Bertz CT molecular complexity index is 802. The van der Waals surface area contributed by atoms with Crippen LogP contribution in [0.1, 0.15) is 11.7 Å². The lowest BCUT2D eigenvalue weighted by molar-refractivity contribution is 0.369. The van der Waals surface area contributed by atoms with Gasteiger partial charge < -0.3 is 18.8 Å². The van der Waals surface area contributed by atoms with Gasteiger partial charge in [0.2, 0.25) is 5.89 Å². The van der Waals surface area contributed by atoms with Crippen LogP contribution in [0.2, 0.25) is 0 Å². The molecule has 3 rings (SSSR count). The van der Waals surface area contributed by atoms with E-state index in [0.29, 0.717) is 29.5 Å². The van der Waals surface area contributed by atoms with Crippen LogP contribution in [0.4, 0.5) is 0 Å². The number of nitrogens with zero attached hydrogens (tertiary/aromatic N) is 3. The highest BCUT2D eigenvalue weighted by molar-refractivity contribution is 7.71. The third-order valence-electron chi connectivity index (χ3n) is 3.10. The fraction of sp³-hybridized carbons (Fsp3) is 0.308. The fourth-order valence-corrected chi connectivity index (χ4v) is 2.44. The lowest BCUT2D eigenvalue weighted by atomic mass is 10.3. The van der Waals surface area contributed by atoms with Gasteiger partial charge in [-0.15, -0.1) is 0 Å². The van der Waals surface area contributed by atoms with E-state index >= 15 is 0 Å². The van der Waals surface area contributed by atoms with Crippen molar-refractivity contribution < 1.29 is 9.26 Å². The number of nitrogens with one attached hydrogen (secondary N) is 1. The van der Waals surface area contributed by atoms with E-state index in [4.69, 9.17) is 21.5 Å². The molecule has 0 aliphatic heterocycles. The smallest absolute Gasteiger partial charge is 0.228 e. The second-order valence-corrected chi connectivity index (χ2v) is 4.84. The molecule has 104 valence electrons. The normalized spacial score (nSPS) is 11.1. The van der Waals surface area contributed by atoms with Crippen molar-refractivity contribution in [3.05, 3.63) is 34.7 Å². The molecule has 0 unspecified atom stereocenters. The molecule has 0 radical (unpaired) electrons. The number of aromatic nitrogens is 4. The second-order valence-electron chi connectivity index (χ2n) is 4.45. The first-order valence-corrected chi connectivity index (χ1v) is 6.64. The predicted octanol–water partition coefficient (Wildman–Crippen LogP) is 2.64. The van der Waals surface area contributed by atoms with E-state index in [2.05, 4.69) is 15.1 Å². The van der Waals surface area contributed by atoms with E-state index in [1.54, 1.807) is 14.0 Å². The molecule has 0 bridgehead atoms. The molecule has 1 aromatic carbocycles. The van der Waals surface area contributed by atoms with Crippen LogP contribution < -0.4 is 4.74 Å². The summed E-state index contributed by atoms with van der Waals surface area (Å²) in [4.78, 5) is 7.37. The highest BCUT2D eigenvalue weighted by Crippen LogP contribution is 2.20. The average molecular weight is 290 g/mol. The second kappa shape index (κ2) is 5.09. The molecule has 0 saturated carbocycles. The molecule has 0 fully saturated rings. The quantitative estimate of drug-likeness (QED) is 0.748. The number of fused-ring (bicyclic) bond motifs is 1. The summed E-state index contributed by atoms with van der Waals surface area (Å²) in [6.07, 6.45) is 0.647. The van der Waals surface area contributed by atoms with Crippen LogP contribution in [-0.4, -0.2) is 26.8 Å². The predicted molar refractivity (Wildman–Crippen MR) is 76.4 cm³/mol. The molecular formula is C13H14N4O2S. The summed E-state index contributed by atoms with van der Waals surface area (Å²) in [6, 6.07) is 5.83. The molecule has 2 heterocycles. The number of hydrogen-bond donors (Lipinski definition) is 1. The topological polar surface area (TPSA) is 68.9 Å². The molecule has 0 spiro atoms. The minimum absolute atomic E-state index is 0.618. The zero-order valence-corrected chi connectivity index (χ0v) is 12.0. The van der Waals surface area contributed by atoms with Crippen molar-refractivity contribution in [2.75, 3.05) is 7.11 Å². The maximum Gasteiger partial charge on any atom is 0.228 e.